The maximum atomic E-state index is 9.73. The molecule has 0 aliphatic carbocycles. The van der Waals surface area contributed by atoms with E-state index in [-0.39, 0.29) is 0 Å². The first kappa shape index (κ1) is 31.3. The second-order valence-electron chi connectivity index (χ2n) is 12.6. The molecule has 3 aromatic heterocycles. The zero-order valence-corrected chi connectivity index (χ0v) is 28.2. The van der Waals surface area contributed by atoms with Gasteiger partial charge in [-0.05, 0) is 65.7 Å². The summed E-state index contributed by atoms with van der Waals surface area (Å²) in [7, 11) is 0. The molecule has 0 spiro atoms. The Labute approximate surface area is 305 Å². The predicted molar refractivity (Wildman–Crippen MR) is 209 cm³/mol. The average Bonchev–Trinajstić information content (AvgIpc) is 3.57. The number of hydrogen-bond donors (Lipinski definition) is 0. The van der Waals surface area contributed by atoms with Crippen LogP contribution in [0.15, 0.2) is 164 Å². The van der Waals surface area contributed by atoms with Gasteiger partial charge >= 0.3 is 0 Å². The molecular weight excluding hydrogens is 651 g/mol. The zero-order valence-electron chi connectivity index (χ0n) is 28.2. The number of para-hydroxylation sites is 1. The highest BCUT2D eigenvalue weighted by Crippen LogP contribution is 2.39. The van der Waals surface area contributed by atoms with E-state index in [4.69, 9.17) is 15.0 Å². The Morgan fingerprint density at radius 2 is 1.04 bits per heavy atom. The molecule has 9 rings (SSSR count). The monoisotopic (exact) mass is 677 g/mol. The minimum atomic E-state index is 0.436. The second kappa shape index (κ2) is 13.2. The van der Waals surface area contributed by atoms with Crippen molar-refractivity contribution < 1.29 is 0 Å². The van der Waals surface area contributed by atoms with Gasteiger partial charge in [-0.1, -0.05) is 103 Å². The van der Waals surface area contributed by atoms with Crippen LogP contribution in [0.1, 0.15) is 11.1 Å². The lowest BCUT2D eigenvalue weighted by Gasteiger charge is -2.16. The number of rotatable bonds is 6. The topological polar surface area (TPSA) is 104 Å². The Bertz CT molecular complexity index is 2810. The molecule has 9 aromatic rings. The fourth-order valence-electron chi connectivity index (χ4n) is 6.87. The van der Waals surface area contributed by atoms with E-state index in [1.165, 1.54) is 0 Å². The molecule has 0 bridgehead atoms. The summed E-state index contributed by atoms with van der Waals surface area (Å²) in [5.41, 5.74) is 9.71. The summed E-state index contributed by atoms with van der Waals surface area (Å²) in [6, 6.07) is 56.4. The lowest BCUT2D eigenvalue weighted by atomic mass is 9.99. The maximum absolute atomic E-state index is 9.73. The molecule has 7 nitrogen and oxygen atoms in total. The van der Waals surface area contributed by atoms with E-state index in [9.17, 15) is 10.5 Å². The van der Waals surface area contributed by atoms with Crippen LogP contribution in [0.25, 0.3) is 84.0 Å². The molecule has 6 aromatic carbocycles. The van der Waals surface area contributed by atoms with Crippen molar-refractivity contribution in [2.45, 2.75) is 0 Å². The summed E-state index contributed by atoms with van der Waals surface area (Å²) in [6.45, 7) is 0. The lowest BCUT2D eigenvalue weighted by Crippen LogP contribution is -2.04. The molecule has 0 radical (unpaired) electrons. The number of aromatic nitrogens is 5. The van der Waals surface area contributed by atoms with Crippen molar-refractivity contribution in [2.75, 3.05) is 0 Å². The number of fused-ring (bicyclic) bond motifs is 3. The molecule has 0 aliphatic rings. The van der Waals surface area contributed by atoms with Crippen LogP contribution in [-0.2, 0) is 0 Å². The summed E-state index contributed by atoms with van der Waals surface area (Å²) in [5, 5.41) is 21.6. The van der Waals surface area contributed by atoms with E-state index in [1.54, 1.807) is 12.3 Å². The van der Waals surface area contributed by atoms with Crippen molar-refractivity contribution >= 4 is 21.8 Å². The molecule has 0 atom stereocenters. The minimum Gasteiger partial charge on any atom is -0.308 e. The van der Waals surface area contributed by atoms with Gasteiger partial charge in [-0.3, -0.25) is 4.98 Å². The molecule has 7 heteroatoms. The van der Waals surface area contributed by atoms with Crippen molar-refractivity contribution in [2.24, 2.45) is 0 Å². The van der Waals surface area contributed by atoms with Crippen LogP contribution in [0.5, 0.6) is 0 Å². The van der Waals surface area contributed by atoms with Gasteiger partial charge in [0.15, 0.2) is 17.5 Å². The van der Waals surface area contributed by atoms with Gasteiger partial charge in [0.1, 0.15) is 0 Å². The third kappa shape index (κ3) is 5.75. The molecular formula is C46H27N7. The summed E-state index contributed by atoms with van der Waals surface area (Å²) < 4.78 is 2.25. The smallest absolute Gasteiger partial charge is 0.166 e. The number of nitriles is 2. The second-order valence-corrected chi connectivity index (χ2v) is 12.6. The van der Waals surface area contributed by atoms with E-state index in [2.05, 4.69) is 64.2 Å². The molecule has 0 aliphatic heterocycles. The first-order valence-corrected chi connectivity index (χ1v) is 17.1. The van der Waals surface area contributed by atoms with E-state index < -0.39 is 0 Å². The molecule has 0 saturated carbocycles. The Hall–Kier alpha value is -7.74. The number of nitrogens with zero attached hydrogens (tertiary/aromatic N) is 7. The van der Waals surface area contributed by atoms with Gasteiger partial charge in [-0.25, -0.2) is 15.0 Å². The van der Waals surface area contributed by atoms with Gasteiger partial charge in [0.05, 0.1) is 45.7 Å². The normalized spacial score (nSPS) is 11.0. The summed E-state index contributed by atoms with van der Waals surface area (Å²) >= 11 is 0. The van der Waals surface area contributed by atoms with Crippen LogP contribution < -0.4 is 0 Å². The number of pyridine rings is 1. The Balaban J connectivity index is 1.35. The van der Waals surface area contributed by atoms with Crippen molar-refractivity contribution in [3.63, 3.8) is 0 Å². The van der Waals surface area contributed by atoms with Crippen LogP contribution in [0.4, 0.5) is 0 Å². The number of benzene rings is 6. The van der Waals surface area contributed by atoms with Gasteiger partial charge in [0.25, 0.3) is 0 Å². The van der Waals surface area contributed by atoms with Crippen LogP contribution in [0.3, 0.4) is 0 Å². The fourth-order valence-corrected chi connectivity index (χ4v) is 6.87. The average molecular weight is 678 g/mol. The quantitative estimate of drug-likeness (QED) is 0.173. The first-order chi connectivity index (χ1) is 26.2. The third-order valence-electron chi connectivity index (χ3n) is 9.34. The van der Waals surface area contributed by atoms with Crippen molar-refractivity contribution in [3.8, 4) is 74.4 Å². The fraction of sp³-hybridized carbons (Fsp3) is 0. The van der Waals surface area contributed by atoms with E-state index in [1.807, 2.05) is 109 Å². The molecule has 0 saturated heterocycles. The van der Waals surface area contributed by atoms with Gasteiger partial charge < -0.3 is 4.57 Å². The molecule has 0 amide bonds. The van der Waals surface area contributed by atoms with E-state index >= 15 is 0 Å². The lowest BCUT2D eigenvalue weighted by molar-refractivity contribution is 1.06. The highest BCUT2D eigenvalue weighted by atomic mass is 15.1. The molecule has 3 heterocycles. The first-order valence-electron chi connectivity index (χ1n) is 17.1. The summed E-state index contributed by atoms with van der Waals surface area (Å²) in [6.07, 6.45) is 1.79. The molecule has 0 fully saturated rings. The van der Waals surface area contributed by atoms with Gasteiger partial charge in [0, 0.05) is 39.2 Å². The van der Waals surface area contributed by atoms with Gasteiger partial charge in [-0.2, -0.15) is 10.5 Å². The minimum absolute atomic E-state index is 0.436. The maximum Gasteiger partial charge on any atom is 0.166 e. The van der Waals surface area contributed by atoms with Gasteiger partial charge in [0.2, 0.25) is 0 Å². The van der Waals surface area contributed by atoms with E-state index in [0.717, 1.165) is 66.6 Å². The third-order valence-corrected chi connectivity index (χ3v) is 9.34. The Morgan fingerprint density at radius 1 is 0.434 bits per heavy atom. The van der Waals surface area contributed by atoms with Crippen LogP contribution in [0.2, 0.25) is 0 Å². The number of hydrogen-bond acceptors (Lipinski definition) is 6. The molecule has 53 heavy (non-hydrogen) atoms. The van der Waals surface area contributed by atoms with Crippen molar-refractivity contribution in [1.29, 1.82) is 10.5 Å². The Kier molecular flexibility index (Phi) is 7.78. The van der Waals surface area contributed by atoms with Crippen molar-refractivity contribution in [3.05, 3.63) is 175 Å². The highest BCUT2D eigenvalue weighted by molar-refractivity contribution is 6.10. The molecule has 0 unspecified atom stereocenters. The molecule has 246 valence electrons. The standard InChI is InChI=1S/C46H27N7/c47-28-30-23-31(29-48)25-36(24-30)34-18-20-38-37-15-7-8-17-41(37)53(43(38)27-34)42-21-19-35(40-16-9-10-22-49-40)26-39(42)46-51-44(32-11-3-1-4-12-32)50-45(52-46)33-13-5-2-6-14-33/h1-27H. The van der Waals surface area contributed by atoms with Crippen LogP contribution in [0, 0.1) is 22.7 Å². The van der Waals surface area contributed by atoms with E-state index in [0.29, 0.717) is 28.6 Å². The summed E-state index contributed by atoms with van der Waals surface area (Å²) in [5.74, 6) is 1.66. The summed E-state index contributed by atoms with van der Waals surface area (Å²) in [4.78, 5) is 19.9. The highest BCUT2D eigenvalue weighted by Gasteiger charge is 2.21. The SMILES string of the molecule is N#Cc1cc(C#N)cc(-c2ccc3c4ccccc4n(-c4ccc(-c5ccccn5)cc4-c4nc(-c5ccccc5)nc(-c5ccccc5)n4)c3c2)c1. The zero-order chi connectivity index (χ0) is 35.7. The van der Waals surface area contributed by atoms with Crippen LogP contribution in [-0.4, -0.2) is 24.5 Å². The van der Waals surface area contributed by atoms with Crippen LogP contribution >= 0.6 is 0 Å². The van der Waals surface area contributed by atoms with Gasteiger partial charge in [-0.15, -0.1) is 0 Å². The Morgan fingerprint density at radius 3 is 1.70 bits per heavy atom. The predicted octanol–water partition coefficient (Wildman–Crippen LogP) is 10.4. The van der Waals surface area contributed by atoms with Crippen molar-refractivity contribution in [1.82, 2.24) is 24.5 Å². The largest absolute Gasteiger partial charge is 0.308 e. The molecule has 0 N–H and O–H groups in total.